The predicted molar refractivity (Wildman–Crippen MR) is 72.5 cm³/mol. The molecule has 3 nitrogen and oxygen atoms in total. The van der Waals surface area contributed by atoms with Crippen LogP contribution in [0.5, 0.6) is 0 Å². The molecule has 2 aliphatic rings. The maximum absolute atomic E-state index is 6.20. The van der Waals surface area contributed by atoms with Gasteiger partial charge in [0, 0.05) is 36.5 Å². The lowest BCUT2D eigenvalue weighted by atomic mass is 9.64. The van der Waals surface area contributed by atoms with E-state index < -0.39 is 0 Å². The third-order valence-electron chi connectivity index (χ3n) is 5.13. The normalized spacial score (nSPS) is 33.9. The largest absolute Gasteiger partial charge is 0.381 e. The van der Waals surface area contributed by atoms with Gasteiger partial charge in [-0.2, -0.15) is 0 Å². The second kappa shape index (κ2) is 4.10. The molecule has 3 rings (SSSR count). The van der Waals surface area contributed by atoms with Crippen molar-refractivity contribution in [2.45, 2.75) is 57.7 Å². The van der Waals surface area contributed by atoms with Crippen LogP contribution in [0.2, 0.25) is 0 Å². The summed E-state index contributed by atoms with van der Waals surface area (Å²) < 4.78 is 8.03. The van der Waals surface area contributed by atoms with Crippen molar-refractivity contribution >= 4 is 0 Å². The molecule has 3 heteroatoms. The molecule has 1 aromatic heterocycles. The SMILES string of the molecule is COC1CC(n2ccc3c2CCCC3N)C1(C)C. The Bertz CT molecular complexity index is 449. The maximum atomic E-state index is 6.20. The monoisotopic (exact) mass is 248 g/mol. The van der Waals surface area contributed by atoms with Crippen molar-refractivity contribution < 1.29 is 4.74 Å². The van der Waals surface area contributed by atoms with Crippen molar-refractivity contribution in [3.05, 3.63) is 23.5 Å². The van der Waals surface area contributed by atoms with Gasteiger partial charge in [0.1, 0.15) is 0 Å². The second-order valence-electron chi connectivity index (χ2n) is 6.42. The van der Waals surface area contributed by atoms with Gasteiger partial charge in [-0.3, -0.25) is 0 Å². The van der Waals surface area contributed by atoms with E-state index >= 15 is 0 Å². The Balaban J connectivity index is 1.91. The maximum Gasteiger partial charge on any atom is 0.0662 e. The summed E-state index contributed by atoms with van der Waals surface area (Å²) in [5, 5.41) is 0. The third-order valence-corrected chi connectivity index (χ3v) is 5.13. The molecule has 0 aromatic carbocycles. The number of aromatic nitrogens is 1. The quantitative estimate of drug-likeness (QED) is 0.874. The highest BCUT2D eigenvalue weighted by atomic mass is 16.5. The fourth-order valence-electron chi connectivity index (χ4n) is 3.78. The van der Waals surface area contributed by atoms with Crippen molar-refractivity contribution in [3.8, 4) is 0 Å². The predicted octanol–water partition coefficient (Wildman–Crippen LogP) is 2.81. The van der Waals surface area contributed by atoms with Crippen LogP contribution >= 0.6 is 0 Å². The van der Waals surface area contributed by atoms with Crippen LogP contribution in [0, 0.1) is 5.41 Å². The van der Waals surface area contributed by atoms with E-state index in [1.165, 1.54) is 24.1 Å². The highest BCUT2D eigenvalue weighted by Crippen LogP contribution is 2.52. The highest BCUT2D eigenvalue weighted by Gasteiger charge is 2.50. The van der Waals surface area contributed by atoms with Gasteiger partial charge in [-0.05, 0) is 37.3 Å². The number of fused-ring (bicyclic) bond motifs is 1. The van der Waals surface area contributed by atoms with Crippen molar-refractivity contribution in [1.82, 2.24) is 4.57 Å². The van der Waals surface area contributed by atoms with Crippen LogP contribution in [-0.2, 0) is 11.2 Å². The van der Waals surface area contributed by atoms with Gasteiger partial charge in [0.15, 0.2) is 0 Å². The van der Waals surface area contributed by atoms with E-state index in [9.17, 15) is 0 Å². The number of hydrogen-bond donors (Lipinski definition) is 1. The molecule has 3 unspecified atom stereocenters. The van der Waals surface area contributed by atoms with Crippen LogP contribution in [0.4, 0.5) is 0 Å². The molecule has 100 valence electrons. The minimum Gasteiger partial charge on any atom is -0.381 e. The summed E-state index contributed by atoms with van der Waals surface area (Å²) in [6.07, 6.45) is 7.29. The van der Waals surface area contributed by atoms with Gasteiger partial charge in [-0.1, -0.05) is 13.8 Å². The summed E-state index contributed by atoms with van der Waals surface area (Å²) in [4.78, 5) is 0. The molecule has 0 saturated heterocycles. The van der Waals surface area contributed by atoms with Gasteiger partial charge in [-0.25, -0.2) is 0 Å². The molecule has 3 atom stereocenters. The minimum atomic E-state index is 0.225. The van der Waals surface area contributed by atoms with Crippen LogP contribution in [-0.4, -0.2) is 17.8 Å². The zero-order chi connectivity index (χ0) is 12.9. The minimum absolute atomic E-state index is 0.225. The Morgan fingerprint density at radius 2 is 2.22 bits per heavy atom. The highest BCUT2D eigenvalue weighted by molar-refractivity contribution is 5.30. The van der Waals surface area contributed by atoms with Gasteiger partial charge in [-0.15, -0.1) is 0 Å². The molecular formula is C15H24N2O. The average molecular weight is 248 g/mol. The van der Waals surface area contributed by atoms with Gasteiger partial charge < -0.3 is 15.0 Å². The molecule has 1 fully saturated rings. The Morgan fingerprint density at radius 1 is 1.44 bits per heavy atom. The zero-order valence-electron chi connectivity index (χ0n) is 11.6. The van der Waals surface area contributed by atoms with Gasteiger partial charge in [0.25, 0.3) is 0 Å². The van der Waals surface area contributed by atoms with Gasteiger partial charge in [0.05, 0.1) is 6.10 Å². The van der Waals surface area contributed by atoms with E-state index in [0.29, 0.717) is 12.1 Å². The summed E-state index contributed by atoms with van der Waals surface area (Å²) in [6.45, 7) is 4.62. The molecule has 0 spiro atoms. The summed E-state index contributed by atoms with van der Waals surface area (Å²) >= 11 is 0. The summed E-state index contributed by atoms with van der Waals surface area (Å²) in [5.41, 5.74) is 9.27. The van der Waals surface area contributed by atoms with Crippen LogP contribution in [0.3, 0.4) is 0 Å². The smallest absolute Gasteiger partial charge is 0.0662 e. The van der Waals surface area contributed by atoms with E-state index in [1.807, 2.05) is 7.11 Å². The van der Waals surface area contributed by atoms with Crippen molar-refractivity contribution in [2.24, 2.45) is 11.1 Å². The van der Waals surface area contributed by atoms with Crippen LogP contribution in [0.15, 0.2) is 12.3 Å². The Labute approximate surface area is 109 Å². The van der Waals surface area contributed by atoms with Crippen LogP contribution < -0.4 is 5.73 Å². The van der Waals surface area contributed by atoms with E-state index in [0.717, 1.165) is 12.8 Å². The molecular weight excluding hydrogens is 224 g/mol. The fourth-order valence-corrected chi connectivity index (χ4v) is 3.78. The molecule has 2 N–H and O–H groups in total. The number of rotatable bonds is 2. The zero-order valence-corrected chi connectivity index (χ0v) is 11.6. The summed E-state index contributed by atoms with van der Waals surface area (Å²) in [6, 6.07) is 3.04. The van der Waals surface area contributed by atoms with Crippen LogP contribution in [0.1, 0.15) is 56.5 Å². The Morgan fingerprint density at radius 3 is 2.89 bits per heavy atom. The molecule has 0 amide bonds. The number of ether oxygens (including phenoxy) is 1. The number of methoxy groups -OCH3 is 1. The molecule has 1 saturated carbocycles. The van der Waals surface area contributed by atoms with E-state index in [4.69, 9.17) is 10.5 Å². The first-order valence-electron chi connectivity index (χ1n) is 7.03. The third kappa shape index (κ3) is 1.57. The van der Waals surface area contributed by atoms with Crippen molar-refractivity contribution in [2.75, 3.05) is 7.11 Å². The molecule has 18 heavy (non-hydrogen) atoms. The molecule has 0 bridgehead atoms. The molecule has 0 radical (unpaired) electrons. The van der Waals surface area contributed by atoms with Crippen molar-refractivity contribution in [1.29, 1.82) is 0 Å². The van der Waals surface area contributed by atoms with Crippen LogP contribution in [0.25, 0.3) is 0 Å². The average Bonchev–Trinajstić information content (AvgIpc) is 2.74. The topological polar surface area (TPSA) is 40.2 Å². The first-order valence-corrected chi connectivity index (χ1v) is 7.03. The Kier molecular flexibility index (Phi) is 2.79. The first-order chi connectivity index (χ1) is 8.55. The van der Waals surface area contributed by atoms with Gasteiger partial charge in [0.2, 0.25) is 0 Å². The lowest BCUT2D eigenvalue weighted by Crippen LogP contribution is -2.51. The van der Waals surface area contributed by atoms with Crippen molar-refractivity contribution in [3.63, 3.8) is 0 Å². The Hall–Kier alpha value is -0.800. The summed E-state index contributed by atoms with van der Waals surface area (Å²) in [5.74, 6) is 0. The summed E-state index contributed by atoms with van der Waals surface area (Å²) in [7, 11) is 1.82. The number of hydrogen-bond acceptors (Lipinski definition) is 2. The number of nitrogens with two attached hydrogens (primary N) is 1. The molecule has 1 aromatic rings. The standard InChI is InChI=1S/C15H24N2O/c1-15(2)13(9-14(15)18-3)17-8-7-10-11(16)5-4-6-12(10)17/h7-8,11,13-14H,4-6,9,16H2,1-3H3. The lowest BCUT2D eigenvalue weighted by Gasteiger charge is -2.52. The molecule has 1 heterocycles. The van der Waals surface area contributed by atoms with Gasteiger partial charge >= 0.3 is 0 Å². The molecule has 2 aliphatic carbocycles. The first kappa shape index (κ1) is 12.2. The lowest BCUT2D eigenvalue weighted by molar-refractivity contribution is -0.113. The molecule has 0 aliphatic heterocycles. The van der Waals surface area contributed by atoms with E-state index in [-0.39, 0.29) is 11.5 Å². The number of nitrogens with zero attached hydrogens (tertiary/aromatic N) is 1. The fraction of sp³-hybridized carbons (Fsp3) is 0.733. The van der Waals surface area contributed by atoms with E-state index in [1.54, 1.807) is 0 Å². The second-order valence-corrected chi connectivity index (χ2v) is 6.42. The van der Waals surface area contributed by atoms with E-state index in [2.05, 4.69) is 30.7 Å².